The highest BCUT2D eigenvalue weighted by molar-refractivity contribution is 8.02. The van der Waals surface area contributed by atoms with E-state index in [0.717, 1.165) is 6.92 Å². The van der Waals surface area contributed by atoms with Crippen molar-refractivity contribution >= 4 is 41.5 Å². The van der Waals surface area contributed by atoms with Crippen LogP contribution in [0.1, 0.15) is 34.6 Å². The van der Waals surface area contributed by atoms with Crippen LogP contribution < -0.4 is 5.32 Å². The fraction of sp³-hybridized carbons (Fsp3) is 0.611. The second-order valence-electron chi connectivity index (χ2n) is 6.25. The third-order valence-corrected chi connectivity index (χ3v) is 4.83. The highest BCUT2D eigenvalue weighted by Crippen LogP contribution is 2.32. The Morgan fingerprint density at radius 1 is 0.931 bits per heavy atom. The third-order valence-electron chi connectivity index (χ3n) is 3.64. The lowest BCUT2D eigenvalue weighted by Gasteiger charge is -2.39. The number of hydrogen-bond donors (Lipinski definition) is 1. The van der Waals surface area contributed by atoms with Crippen LogP contribution in [0.5, 0.6) is 0 Å². The molecule has 0 aromatic heterocycles. The molecule has 0 aromatic rings. The number of nitrogens with one attached hydrogen (secondary N) is 1. The molecule has 11 heteroatoms. The molecule has 0 radical (unpaired) electrons. The zero-order valence-corrected chi connectivity index (χ0v) is 17.6. The molecular weight excluding hydrogens is 406 g/mol. The molecule has 29 heavy (non-hydrogen) atoms. The first kappa shape index (κ1) is 24.5. The molecule has 0 aliphatic carbocycles. The van der Waals surface area contributed by atoms with Crippen LogP contribution in [-0.4, -0.2) is 66.0 Å². The first-order chi connectivity index (χ1) is 13.5. The molecule has 1 aliphatic heterocycles. The van der Waals surface area contributed by atoms with E-state index in [1.165, 1.54) is 39.5 Å². The molecule has 1 aliphatic rings. The minimum Gasteiger partial charge on any atom is -0.462 e. The molecule has 162 valence electrons. The summed E-state index contributed by atoms with van der Waals surface area (Å²) >= 11 is 1.19. The molecular formula is C18H25NO9S. The summed E-state index contributed by atoms with van der Waals surface area (Å²) in [6.45, 7) is 5.66. The van der Waals surface area contributed by atoms with Crippen molar-refractivity contribution in [2.24, 2.45) is 0 Å². The number of amides is 1. The highest BCUT2D eigenvalue weighted by atomic mass is 32.2. The Kier molecular flexibility index (Phi) is 9.66. The van der Waals surface area contributed by atoms with Gasteiger partial charge >= 0.3 is 23.9 Å². The van der Waals surface area contributed by atoms with Crippen LogP contribution in [0.2, 0.25) is 0 Å². The largest absolute Gasteiger partial charge is 0.462 e. The van der Waals surface area contributed by atoms with Crippen molar-refractivity contribution in [3.05, 3.63) is 11.5 Å². The van der Waals surface area contributed by atoms with Crippen LogP contribution in [0.25, 0.3) is 0 Å². The van der Waals surface area contributed by atoms with Crippen LogP contribution in [0, 0.1) is 0 Å². The van der Waals surface area contributed by atoms with Gasteiger partial charge in [0.25, 0.3) is 0 Å². The van der Waals surface area contributed by atoms with Gasteiger partial charge in [-0.2, -0.15) is 0 Å². The van der Waals surface area contributed by atoms with Crippen LogP contribution in [-0.2, 0) is 42.9 Å². The molecule has 5 atom stereocenters. The van der Waals surface area contributed by atoms with Gasteiger partial charge in [-0.3, -0.25) is 24.0 Å². The Balaban J connectivity index is 3.30. The summed E-state index contributed by atoms with van der Waals surface area (Å²) < 4.78 is 20.9. The summed E-state index contributed by atoms with van der Waals surface area (Å²) in [4.78, 5) is 57.8. The van der Waals surface area contributed by atoms with Gasteiger partial charge in [0.15, 0.2) is 12.2 Å². The first-order valence-electron chi connectivity index (χ1n) is 8.75. The van der Waals surface area contributed by atoms with Gasteiger partial charge < -0.3 is 24.3 Å². The number of thioether (sulfide) groups is 1. The second-order valence-corrected chi connectivity index (χ2v) is 7.34. The van der Waals surface area contributed by atoms with E-state index in [4.69, 9.17) is 18.9 Å². The van der Waals surface area contributed by atoms with E-state index in [9.17, 15) is 24.0 Å². The standard InChI is InChI=1S/C18H25NO9S/c1-9(20)19-16-14(26-11(3)22)6-7-29-18(16)17(28-13(5)24)15(27-12(4)23)8-25-10(2)21/h6-7,14-18H,8H2,1-5H3,(H,19,20)/t14?,15-,16?,17-,18?/m1/s1. The minimum atomic E-state index is -1.14. The first-order valence-corrected chi connectivity index (χ1v) is 9.69. The Labute approximate surface area is 172 Å². The maximum absolute atomic E-state index is 11.7. The van der Waals surface area contributed by atoms with Crippen molar-refractivity contribution in [2.75, 3.05) is 6.61 Å². The summed E-state index contributed by atoms with van der Waals surface area (Å²) in [7, 11) is 0. The molecule has 0 fully saturated rings. The number of esters is 4. The van der Waals surface area contributed by atoms with Gasteiger partial charge in [-0.1, -0.05) is 0 Å². The minimum absolute atomic E-state index is 0.362. The zero-order chi connectivity index (χ0) is 22.1. The summed E-state index contributed by atoms with van der Waals surface area (Å²) in [6.07, 6.45) is -1.51. The summed E-state index contributed by atoms with van der Waals surface area (Å²) in [5.74, 6) is -2.94. The summed E-state index contributed by atoms with van der Waals surface area (Å²) in [6, 6.07) is -0.800. The van der Waals surface area contributed by atoms with E-state index in [0.29, 0.717) is 0 Å². The van der Waals surface area contributed by atoms with Crippen LogP contribution in [0.4, 0.5) is 0 Å². The molecule has 10 nitrogen and oxygen atoms in total. The Morgan fingerprint density at radius 2 is 1.55 bits per heavy atom. The molecule has 0 aromatic carbocycles. The van der Waals surface area contributed by atoms with E-state index in [2.05, 4.69) is 5.32 Å². The maximum Gasteiger partial charge on any atom is 0.303 e. The van der Waals surface area contributed by atoms with Gasteiger partial charge in [-0.15, -0.1) is 11.8 Å². The van der Waals surface area contributed by atoms with E-state index in [1.807, 2.05) is 0 Å². The van der Waals surface area contributed by atoms with E-state index >= 15 is 0 Å². The molecule has 1 rings (SSSR count). The molecule has 1 heterocycles. The molecule has 3 unspecified atom stereocenters. The van der Waals surface area contributed by atoms with Crippen LogP contribution >= 0.6 is 11.8 Å². The van der Waals surface area contributed by atoms with Crippen LogP contribution in [0.15, 0.2) is 11.5 Å². The molecule has 1 amide bonds. The lowest BCUT2D eigenvalue weighted by molar-refractivity contribution is -0.174. The number of hydrogen-bond acceptors (Lipinski definition) is 10. The quantitative estimate of drug-likeness (QED) is 0.427. The second kappa shape index (κ2) is 11.4. The Hall–Kier alpha value is -2.56. The Bertz CT molecular complexity index is 678. The molecule has 0 saturated carbocycles. The van der Waals surface area contributed by atoms with Gasteiger partial charge in [-0.25, -0.2) is 0 Å². The number of carbonyl (C=O) groups excluding carboxylic acids is 5. The van der Waals surface area contributed by atoms with Crippen molar-refractivity contribution in [2.45, 2.75) is 64.2 Å². The predicted octanol–water partition coefficient (Wildman–Crippen LogP) is 0.478. The molecule has 0 saturated heterocycles. The van der Waals surface area contributed by atoms with Gasteiger partial charge in [0.05, 0.1) is 11.3 Å². The van der Waals surface area contributed by atoms with E-state index in [1.54, 1.807) is 11.5 Å². The smallest absolute Gasteiger partial charge is 0.303 e. The summed E-state index contributed by atoms with van der Waals surface area (Å²) in [5, 5.41) is 3.60. The predicted molar refractivity (Wildman–Crippen MR) is 101 cm³/mol. The maximum atomic E-state index is 11.7. The average Bonchev–Trinajstić information content (AvgIpc) is 2.57. The number of rotatable bonds is 8. The van der Waals surface area contributed by atoms with Gasteiger partial charge in [0.2, 0.25) is 5.91 Å². The third kappa shape index (κ3) is 8.55. The zero-order valence-electron chi connectivity index (χ0n) is 16.8. The van der Waals surface area contributed by atoms with Crippen molar-refractivity contribution in [1.82, 2.24) is 5.32 Å². The van der Waals surface area contributed by atoms with Crippen molar-refractivity contribution in [3.8, 4) is 0 Å². The fourth-order valence-corrected chi connectivity index (χ4v) is 3.95. The Morgan fingerprint density at radius 3 is 2.03 bits per heavy atom. The highest BCUT2D eigenvalue weighted by Gasteiger charge is 2.45. The van der Waals surface area contributed by atoms with Crippen molar-refractivity contribution in [3.63, 3.8) is 0 Å². The van der Waals surface area contributed by atoms with Gasteiger partial charge in [0, 0.05) is 34.6 Å². The fourth-order valence-electron chi connectivity index (χ4n) is 2.74. The van der Waals surface area contributed by atoms with Crippen molar-refractivity contribution < 1.29 is 42.9 Å². The number of carbonyl (C=O) groups is 5. The van der Waals surface area contributed by atoms with E-state index < -0.39 is 59.4 Å². The number of ether oxygens (including phenoxy) is 4. The van der Waals surface area contributed by atoms with Crippen LogP contribution in [0.3, 0.4) is 0 Å². The molecule has 0 bridgehead atoms. The lowest BCUT2D eigenvalue weighted by Crippen LogP contribution is -2.58. The normalized spacial score (nSPS) is 22.6. The van der Waals surface area contributed by atoms with Gasteiger partial charge in [0.1, 0.15) is 12.7 Å². The SMILES string of the molecule is CC(=O)NC1C(OC(C)=O)C=CSC1[C@H](OC(C)=O)[C@@H](COC(C)=O)OC(C)=O. The monoisotopic (exact) mass is 431 g/mol. The lowest BCUT2D eigenvalue weighted by atomic mass is 9.98. The topological polar surface area (TPSA) is 134 Å². The summed E-state index contributed by atoms with van der Waals surface area (Å²) in [5.41, 5.74) is 0. The van der Waals surface area contributed by atoms with Crippen molar-refractivity contribution in [1.29, 1.82) is 0 Å². The average molecular weight is 431 g/mol. The van der Waals surface area contributed by atoms with Gasteiger partial charge in [-0.05, 0) is 11.5 Å². The molecule has 0 spiro atoms. The molecule has 1 N–H and O–H groups in total. The van der Waals surface area contributed by atoms with E-state index in [-0.39, 0.29) is 6.61 Å².